The van der Waals surface area contributed by atoms with Crippen LogP contribution in [0, 0.1) is 0 Å². The van der Waals surface area contributed by atoms with E-state index in [9.17, 15) is 14.4 Å². The van der Waals surface area contributed by atoms with E-state index < -0.39 is 11.2 Å². The standard InChI is InChI=1S/C18H20N4O3S/c1-4-7-22-15-13(16(23)20-18(22)25)9-12(10-19-15)17(24)21(3)11(2)14-6-5-8-26-14/h5-6,8-11H,4,7H2,1-3H3,(H,20,23,25). The third kappa shape index (κ3) is 3.20. The van der Waals surface area contributed by atoms with Crippen LogP contribution in [0.4, 0.5) is 0 Å². The lowest BCUT2D eigenvalue weighted by Crippen LogP contribution is -2.32. The number of fused-ring (bicyclic) bond motifs is 1. The third-order valence-corrected chi connectivity index (χ3v) is 5.43. The maximum atomic E-state index is 12.8. The van der Waals surface area contributed by atoms with Crippen LogP contribution in [0.2, 0.25) is 0 Å². The highest BCUT2D eigenvalue weighted by molar-refractivity contribution is 7.10. The van der Waals surface area contributed by atoms with Crippen LogP contribution in [0.25, 0.3) is 11.0 Å². The topological polar surface area (TPSA) is 88.1 Å². The van der Waals surface area contributed by atoms with Crippen LogP contribution in [0.15, 0.2) is 39.4 Å². The molecule has 0 aliphatic rings. The summed E-state index contributed by atoms with van der Waals surface area (Å²) in [6, 6.07) is 5.34. The average molecular weight is 372 g/mol. The highest BCUT2D eigenvalue weighted by atomic mass is 32.1. The summed E-state index contributed by atoms with van der Waals surface area (Å²) < 4.78 is 1.42. The smallest absolute Gasteiger partial charge is 0.329 e. The van der Waals surface area contributed by atoms with Crippen LogP contribution in [0.1, 0.15) is 41.5 Å². The van der Waals surface area contributed by atoms with Gasteiger partial charge in [0.2, 0.25) is 0 Å². The number of thiophene rings is 1. The van der Waals surface area contributed by atoms with Crippen molar-refractivity contribution in [1.29, 1.82) is 0 Å². The molecule has 3 rings (SSSR count). The van der Waals surface area contributed by atoms with Crippen LogP contribution in [-0.2, 0) is 6.54 Å². The van der Waals surface area contributed by atoms with Crippen LogP contribution in [-0.4, -0.2) is 32.4 Å². The number of aromatic nitrogens is 3. The molecule has 1 N–H and O–H groups in total. The van der Waals surface area contributed by atoms with Crippen molar-refractivity contribution in [3.8, 4) is 0 Å². The van der Waals surface area contributed by atoms with Crippen molar-refractivity contribution >= 4 is 28.3 Å². The van der Waals surface area contributed by atoms with E-state index >= 15 is 0 Å². The molecule has 136 valence electrons. The minimum absolute atomic E-state index is 0.0921. The zero-order chi connectivity index (χ0) is 18.8. The van der Waals surface area contributed by atoms with E-state index in [1.165, 1.54) is 16.8 Å². The predicted octanol–water partition coefficient (Wildman–Crippen LogP) is 2.39. The van der Waals surface area contributed by atoms with Crippen molar-refractivity contribution in [2.24, 2.45) is 0 Å². The van der Waals surface area contributed by atoms with Gasteiger partial charge in [0.25, 0.3) is 11.5 Å². The molecular formula is C18H20N4O3S. The Labute approximate surface area is 153 Å². The number of carbonyl (C=O) groups is 1. The zero-order valence-electron chi connectivity index (χ0n) is 14.9. The number of hydrogen-bond acceptors (Lipinski definition) is 5. The van der Waals surface area contributed by atoms with Crippen molar-refractivity contribution in [1.82, 2.24) is 19.4 Å². The normalized spacial score (nSPS) is 12.3. The van der Waals surface area contributed by atoms with Gasteiger partial charge in [-0.25, -0.2) is 9.78 Å². The van der Waals surface area contributed by atoms with Crippen LogP contribution >= 0.6 is 11.3 Å². The van der Waals surface area contributed by atoms with Crippen molar-refractivity contribution in [2.75, 3.05) is 7.05 Å². The molecule has 0 aromatic carbocycles. The molecule has 1 unspecified atom stereocenters. The minimum Gasteiger partial charge on any atom is -0.334 e. The first kappa shape index (κ1) is 18.1. The lowest BCUT2D eigenvalue weighted by atomic mass is 10.1. The van der Waals surface area contributed by atoms with Gasteiger partial charge in [0, 0.05) is 24.7 Å². The number of nitrogens with zero attached hydrogens (tertiary/aromatic N) is 3. The number of rotatable bonds is 5. The van der Waals surface area contributed by atoms with Gasteiger partial charge in [0.05, 0.1) is 17.0 Å². The molecule has 3 aromatic heterocycles. The molecule has 8 heteroatoms. The van der Waals surface area contributed by atoms with E-state index in [4.69, 9.17) is 0 Å². The second kappa shape index (κ2) is 7.25. The van der Waals surface area contributed by atoms with E-state index in [0.29, 0.717) is 17.8 Å². The zero-order valence-corrected chi connectivity index (χ0v) is 15.7. The summed E-state index contributed by atoms with van der Waals surface area (Å²) in [4.78, 5) is 46.2. The fourth-order valence-electron chi connectivity index (χ4n) is 2.82. The van der Waals surface area contributed by atoms with Gasteiger partial charge in [0.15, 0.2) is 0 Å². The number of carbonyl (C=O) groups excluding carboxylic acids is 1. The highest BCUT2D eigenvalue weighted by Gasteiger charge is 2.21. The Morgan fingerprint density at radius 2 is 2.19 bits per heavy atom. The quantitative estimate of drug-likeness (QED) is 0.745. The van der Waals surface area contributed by atoms with Crippen molar-refractivity contribution < 1.29 is 4.79 Å². The minimum atomic E-state index is -0.534. The Hall–Kier alpha value is -2.74. The molecule has 0 fully saturated rings. The molecule has 0 aliphatic heterocycles. The molecule has 0 aliphatic carbocycles. The maximum absolute atomic E-state index is 12.8. The Balaban J connectivity index is 2.02. The van der Waals surface area contributed by atoms with Gasteiger partial charge in [-0.15, -0.1) is 11.3 Å². The number of nitrogens with one attached hydrogen (secondary N) is 1. The van der Waals surface area contributed by atoms with E-state index in [0.717, 1.165) is 11.3 Å². The fraction of sp³-hybridized carbons (Fsp3) is 0.333. The molecule has 0 bridgehead atoms. The van der Waals surface area contributed by atoms with Crippen LogP contribution in [0.3, 0.4) is 0 Å². The SMILES string of the molecule is CCCn1c(=O)[nH]c(=O)c2cc(C(=O)N(C)C(C)c3cccs3)cnc21. The molecular weight excluding hydrogens is 352 g/mol. The van der Waals surface area contributed by atoms with Gasteiger partial charge in [-0.1, -0.05) is 13.0 Å². The van der Waals surface area contributed by atoms with Gasteiger partial charge >= 0.3 is 5.69 Å². The summed E-state index contributed by atoms with van der Waals surface area (Å²) in [5, 5.41) is 2.20. The molecule has 1 amide bonds. The molecule has 1 atom stereocenters. The molecule has 3 aromatic rings. The Bertz CT molecular complexity index is 1050. The van der Waals surface area contributed by atoms with Gasteiger partial charge in [-0.2, -0.15) is 0 Å². The highest BCUT2D eigenvalue weighted by Crippen LogP contribution is 2.24. The van der Waals surface area contributed by atoms with Gasteiger partial charge in [-0.3, -0.25) is 19.1 Å². The van der Waals surface area contributed by atoms with Crippen molar-refractivity contribution in [3.63, 3.8) is 0 Å². The number of aryl methyl sites for hydroxylation is 1. The average Bonchev–Trinajstić information content (AvgIpc) is 3.17. The number of hydrogen-bond donors (Lipinski definition) is 1. The summed E-state index contributed by atoms with van der Waals surface area (Å²) in [5.41, 5.74) is -0.408. The van der Waals surface area contributed by atoms with Gasteiger partial charge in [-0.05, 0) is 30.9 Å². The number of amides is 1. The number of aromatic amines is 1. The summed E-state index contributed by atoms with van der Waals surface area (Å²) in [6.07, 6.45) is 2.15. The summed E-state index contributed by atoms with van der Waals surface area (Å²) in [6.45, 7) is 4.33. The summed E-state index contributed by atoms with van der Waals surface area (Å²) in [7, 11) is 1.72. The van der Waals surface area contributed by atoms with E-state index in [-0.39, 0.29) is 17.3 Å². The van der Waals surface area contributed by atoms with Crippen LogP contribution in [0.5, 0.6) is 0 Å². The molecule has 26 heavy (non-hydrogen) atoms. The second-order valence-corrected chi connectivity index (χ2v) is 7.09. The summed E-state index contributed by atoms with van der Waals surface area (Å²) in [5.74, 6) is -0.229. The lowest BCUT2D eigenvalue weighted by molar-refractivity contribution is 0.0744. The Morgan fingerprint density at radius 1 is 1.42 bits per heavy atom. The monoisotopic (exact) mass is 372 g/mol. The first-order chi connectivity index (χ1) is 12.4. The lowest BCUT2D eigenvalue weighted by Gasteiger charge is -2.24. The van der Waals surface area contributed by atoms with E-state index in [1.807, 2.05) is 31.4 Å². The molecule has 7 nitrogen and oxygen atoms in total. The largest absolute Gasteiger partial charge is 0.334 e. The molecule has 3 heterocycles. The van der Waals surface area contributed by atoms with Crippen molar-refractivity contribution in [3.05, 3.63) is 61.1 Å². The molecule has 0 saturated heterocycles. The van der Waals surface area contributed by atoms with Crippen LogP contribution < -0.4 is 11.2 Å². The number of pyridine rings is 1. The summed E-state index contributed by atoms with van der Waals surface area (Å²) >= 11 is 1.58. The Morgan fingerprint density at radius 3 is 2.85 bits per heavy atom. The van der Waals surface area contributed by atoms with Gasteiger partial charge in [0.1, 0.15) is 5.65 Å². The predicted molar refractivity (Wildman–Crippen MR) is 102 cm³/mol. The first-order valence-electron chi connectivity index (χ1n) is 8.37. The van der Waals surface area contributed by atoms with E-state index in [2.05, 4.69) is 9.97 Å². The number of H-pyrrole nitrogens is 1. The molecule has 0 saturated carbocycles. The fourth-order valence-corrected chi connectivity index (χ4v) is 3.64. The van der Waals surface area contributed by atoms with E-state index in [1.54, 1.807) is 23.3 Å². The third-order valence-electron chi connectivity index (χ3n) is 4.38. The second-order valence-electron chi connectivity index (χ2n) is 6.11. The van der Waals surface area contributed by atoms with Crippen molar-refractivity contribution in [2.45, 2.75) is 32.9 Å². The molecule has 0 spiro atoms. The molecule has 0 radical (unpaired) electrons. The first-order valence-corrected chi connectivity index (χ1v) is 9.25. The maximum Gasteiger partial charge on any atom is 0.329 e. The van der Waals surface area contributed by atoms with Gasteiger partial charge < -0.3 is 4.90 Å². The Kier molecular flexibility index (Phi) is 5.03.